The molecule has 1 saturated heterocycles. The van der Waals surface area contributed by atoms with Crippen molar-refractivity contribution in [2.45, 2.75) is 25.6 Å². The fraction of sp³-hybridized carbons (Fsp3) is 0.318. The number of hydrogen-bond donors (Lipinski definition) is 1. The maximum atomic E-state index is 13.1. The Kier molecular flexibility index (Phi) is 5.94. The maximum absolute atomic E-state index is 13.1. The summed E-state index contributed by atoms with van der Waals surface area (Å²) in [4.78, 5) is 15.9. The van der Waals surface area contributed by atoms with Crippen LogP contribution >= 0.6 is 23.2 Å². The molecule has 1 aliphatic rings. The van der Waals surface area contributed by atoms with Gasteiger partial charge in [0.15, 0.2) is 0 Å². The van der Waals surface area contributed by atoms with Gasteiger partial charge in [0, 0.05) is 40.1 Å². The molecule has 164 valence electrons. The van der Waals surface area contributed by atoms with Crippen molar-refractivity contribution in [1.29, 1.82) is 0 Å². The van der Waals surface area contributed by atoms with E-state index in [2.05, 4.69) is 4.98 Å². The number of aromatic amines is 1. The van der Waals surface area contributed by atoms with Crippen molar-refractivity contribution < 1.29 is 22.7 Å². The van der Waals surface area contributed by atoms with Gasteiger partial charge in [0.05, 0.1) is 23.7 Å². The number of amides is 1. The zero-order chi connectivity index (χ0) is 22.3. The minimum Gasteiger partial charge on any atom is -0.370 e. The van der Waals surface area contributed by atoms with Gasteiger partial charge in [-0.25, -0.2) is 0 Å². The van der Waals surface area contributed by atoms with Crippen LogP contribution in [0.4, 0.5) is 13.2 Å². The van der Waals surface area contributed by atoms with Crippen molar-refractivity contribution >= 4 is 40.5 Å². The van der Waals surface area contributed by atoms with E-state index < -0.39 is 11.7 Å². The first-order valence-electron chi connectivity index (χ1n) is 9.64. The molecule has 1 N–H and O–H groups in total. The standard InChI is InChI=1S/C22H19Cl2F3N2O2/c1-12-6-14(22(25,26)27)7-13-8-15(28-21(12)13)9-17-18(23)3-2-16(20(17)24)19-10-29(11-30)4-5-31-19/h2-3,6-8,11,19,28H,4-5,9-10H2,1H3. The van der Waals surface area contributed by atoms with E-state index in [0.717, 1.165) is 24.1 Å². The number of halogens is 5. The molecule has 1 aromatic heterocycles. The number of aryl methyl sites for hydroxylation is 1. The van der Waals surface area contributed by atoms with Gasteiger partial charge in [0.1, 0.15) is 6.10 Å². The Balaban J connectivity index is 1.68. The highest BCUT2D eigenvalue weighted by atomic mass is 35.5. The van der Waals surface area contributed by atoms with Gasteiger partial charge in [-0.15, -0.1) is 0 Å². The fourth-order valence-electron chi connectivity index (χ4n) is 3.91. The zero-order valence-corrected chi connectivity index (χ0v) is 18.0. The number of carbonyl (C=O) groups is 1. The molecule has 4 rings (SSSR count). The number of carbonyl (C=O) groups excluding carboxylic acids is 1. The maximum Gasteiger partial charge on any atom is 0.416 e. The summed E-state index contributed by atoms with van der Waals surface area (Å²) in [6.45, 7) is 2.95. The lowest BCUT2D eigenvalue weighted by Gasteiger charge is -2.31. The first kappa shape index (κ1) is 22.0. The largest absolute Gasteiger partial charge is 0.416 e. The predicted octanol–water partition coefficient (Wildman–Crippen LogP) is 5.92. The monoisotopic (exact) mass is 470 g/mol. The van der Waals surface area contributed by atoms with Gasteiger partial charge in [-0.3, -0.25) is 4.79 Å². The Bertz CT molecular complexity index is 1140. The molecule has 1 aliphatic heterocycles. The molecule has 1 atom stereocenters. The van der Waals surface area contributed by atoms with E-state index in [9.17, 15) is 18.0 Å². The Morgan fingerprint density at radius 2 is 2.03 bits per heavy atom. The van der Waals surface area contributed by atoms with Crippen LogP contribution in [-0.2, 0) is 22.1 Å². The normalized spacial score (nSPS) is 17.4. The number of H-pyrrole nitrogens is 1. The number of hydrogen-bond acceptors (Lipinski definition) is 2. The number of aromatic nitrogens is 1. The summed E-state index contributed by atoms with van der Waals surface area (Å²) < 4.78 is 45.2. The van der Waals surface area contributed by atoms with Gasteiger partial charge < -0.3 is 14.6 Å². The Morgan fingerprint density at radius 1 is 1.26 bits per heavy atom. The van der Waals surface area contributed by atoms with E-state index in [1.165, 1.54) is 0 Å². The summed E-state index contributed by atoms with van der Waals surface area (Å²) in [5, 5.41) is 1.35. The molecule has 1 fully saturated rings. The second-order valence-electron chi connectivity index (χ2n) is 7.62. The highest BCUT2D eigenvalue weighted by molar-refractivity contribution is 6.36. The number of morpholine rings is 1. The summed E-state index contributed by atoms with van der Waals surface area (Å²) in [6.07, 6.45) is -3.69. The average molecular weight is 471 g/mol. The first-order chi connectivity index (χ1) is 14.7. The minimum atomic E-state index is -4.41. The summed E-state index contributed by atoms with van der Waals surface area (Å²) >= 11 is 13.1. The molecular weight excluding hydrogens is 452 g/mol. The van der Waals surface area contributed by atoms with Crippen molar-refractivity contribution in [3.63, 3.8) is 0 Å². The first-order valence-corrected chi connectivity index (χ1v) is 10.4. The van der Waals surface area contributed by atoms with Gasteiger partial charge in [0.25, 0.3) is 0 Å². The average Bonchev–Trinajstić information content (AvgIpc) is 3.14. The Morgan fingerprint density at radius 3 is 2.74 bits per heavy atom. The smallest absolute Gasteiger partial charge is 0.370 e. The molecule has 0 aliphatic carbocycles. The second-order valence-corrected chi connectivity index (χ2v) is 8.40. The SMILES string of the molecule is Cc1cc(C(F)(F)F)cc2cc(Cc3c(Cl)ccc(C4CN(C=O)CCO4)c3Cl)[nH]c12. The van der Waals surface area contributed by atoms with Crippen molar-refractivity contribution in [2.24, 2.45) is 0 Å². The highest BCUT2D eigenvalue weighted by Crippen LogP contribution is 2.37. The van der Waals surface area contributed by atoms with Crippen LogP contribution < -0.4 is 0 Å². The summed E-state index contributed by atoms with van der Waals surface area (Å²) in [7, 11) is 0. The van der Waals surface area contributed by atoms with Crippen LogP contribution in [0.2, 0.25) is 10.0 Å². The van der Waals surface area contributed by atoms with Gasteiger partial charge in [-0.1, -0.05) is 29.3 Å². The van der Waals surface area contributed by atoms with Crippen LogP contribution in [0.25, 0.3) is 10.9 Å². The second kappa shape index (κ2) is 8.37. The summed E-state index contributed by atoms with van der Waals surface area (Å²) in [5.41, 5.74) is 2.52. The molecule has 3 aromatic rings. The topological polar surface area (TPSA) is 45.3 Å². The molecule has 0 saturated carbocycles. The number of ether oxygens (including phenoxy) is 1. The number of alkyl halides is 3. The Labute approximate surface area is 186 Å². The summed E-state index contributed by atoms with van der Waals surface area (Å²) in [5.74, 6) is 0. The third-order valence-electron chi connectivity index (χ3n) is 5.49. The van der Waals surface area contributed by atoms with Crippen LogP contribution in [0.3, 0.4) is 0 Å². The molecule has 0 spiro atoms. The third kappa shape index (κ3) is 4.40. The van der Waals surface area contributed by atoms with Crippen molar-refractivity contribution in [3.05, 3.63) is 68.3 Å². The molecule has 2 heterocycles. The van der Waals surface area contributed by atoms with Crippen LogP contribution in [0, 0.1) is 6.92 Å². The van der Waals surface area contributed by atoms with Crippen LogP contribution in [0.1, 0.15) is 34.1 Å². The predicted molar refractivity (Wildman–Crippen MR) is 114 cm³/mol. The molecule has 0 bridgehead atoms. The van der Waals surface area contributed by atoms with Crippen molar-refractivity contribution in [1.82, 2.24) is 9.88 Å². The molecule has 1 amide bonds. The number of nitrogens with one attached hydrogen (secondary N) is 1. The van der Waals surface area contributed by atoms with Crippen molar-refractivity contribution in [2.75, 3.05) is 19.7 Å². The van der Waals surface area contributed by atoms with E-state index in [-0.39, 0.29) is 6.10 Å². The van der Waals surface area contributed by atoms with Gasteiger partial charge in [-0.05, 0) is 42.3 Å². The van der Waals surface area contributed by atoms with Crippen LogP contribution in [-0.4, -0.2) is 36.0 Å². The van der Waals surface area contributed by atoms with E-state index in [1.54, 1.807) is 30.0 Å². The number of rotatable bonds is 4. The molecule has 1 unspecified atom stereocenters. The molecule has 0 radical (unpaired) electrons. The lowest BCUT2D eigenvalue weighted by molar-refractivity contribution is -0.137. The van der Waals surface area contributed by atoms with Crippen molar-refractivity contribution in [3.8, 4) is 0 Å². The number of benzene rings is 2. The zero-order valence-electron chi connectivity index (χ0n) is 16.5. The van der Waals surface area contributed by atoms with E-state index in [1.807, 2.05) is 0 Å². The number of nitrogens with zero attached hydrogens (tertiary/aromatic N) is 1. The highest BCUT2D eigenvalue weighted by Gasteiger charge is 2.31. The van der Waals surface area contributed by atoms with Gasteiger partial charge >= 0.3 is 6.18 Å². The van der Waals surface area contributed by atoms with E-state index in [4.69, 9.17) is 27.9 Å². The molecule has 31 heavy (non-hydrogen) atoms. The molecule has 9 heteroatoms. The van der Waals surface area contributed by atoms with Crippen LogP contribution in [0.5, 0.6) is 0 Å². The van der Waals surface area contributed by atoms with Gasteiger partial charge in [-0.2, -0.15) is 13.2 Å². The minimum absolute atomic E-state index is 0.311. The lowest BCUT2D eigenvalue weighted by Crippen LogP contribution is -2.37. The molecular formula is C22H19Cl2F3N2O2. The van der Waals surface area contributed by atoms with E-state index >= 15 is 0 Å². The molecule has 2 aromatic carbocycles. The Hall–Kier alpha value is -2.22. The molecule has 4 nitrogen and oxygen atoms in total. The van der Waals surface area contributed by atoms with E-state index in [0.29, 0.717) is 63.9 Å². The quantitative estimate of drug-likeness (QED) is 0.480. The fourth-order valence-corrected chi connectivity index (χ4v) is 4.54. The van der Waals surface area contributed by atoms with Crippen LogP contribution in [0.15, 0.2) is 30.3 Å². The number of fused-ring (bicyclic) bond motifs is 1. The van der Waals surface area contributed by atoms with Gasteiger partial charge in [0.2, 0.25) is 6.41 Å². The third-order valence-corrected chi connectivity index (χ3v) is 6.29. The summed E-state index contributed by atoms with van der Waals surface area (Å²) in [6, 6.07) is 7.44. The lowest BCUT2D eigenvalue weighted by atomic mass is 10.0.